The Bertz CT molecular complexity index is 834. The van der Waals surface area contributed by atoms with Crippen LogP contribution in [0.5, 0.6) is 0 Å². The van der Waals surface area contributed by atoms with Crippen LogP contribution >= 0.6 is 0 Å². The Morgan fingerprint density at radius 2 is 1.61 bits per heavy atom. The Kier molecular flexibility index (Phi) is 3.19. The first kappa shape index (κ1) is 13.7. The van der Waals surface area contributed by atoms with Crippen LogP contribution in [0.4, 0.5) is 23.0 Å². The molecule has 23 heavy (non-hydrogen) atoms. The van der Waals surface area contributed by atoms with Crippen molar-refractivity contribution < 1.29 is 0 Å². The maximum Gasteiger partial charge on any atom is 0.178 e. The molecule has 0 saturated heterocycles. The van der Waals surface area contributed by atoms with E-state index in [-0.39, 0.29) is 6.17 Å². The highest BCUT2D eigenvalue weighted by Gasteiger charge is 2.37. The van der Waals surface area contributed by atoms with Crippen molar-refractivity contribution >= 4 is 23.0 Å². The Morgan fingerprint density at radius 3 is 2.30 bits per heavy atom. The van der Waals surface area contributed by atoms with Gasteiger partial charge in [0, 0.05) is 24.3 Å². The minimum absolute atomic E-state index is 0.0673. The summed E-state index contributed by atoms with van der Waals surface area (Å²) in [6.07, 6.45) is 7.18. The summed E-state index contributed by atoms with van der Waals surface area (Å²) in [5.41, 5.74) is 3.37. The van der Waals surface area contributed by atoms with Crippen LogP contribution in [-0.2, 0) is 0 Å². The van der Waals surface area contributed by atoms with E-state index < -0.39 is 0 Å². The molecule has 4 rings (SSSR count). The van der Waals surface area contributed by atoms with Gasteiger partial charge in [0.05, 0.1) is 11.9 Å². The van der Waals surface area contributed by atoms with Crippen LogP contribution in [0.25, 0.3) is 0 Å². The monoisotopic (exact) mass is 303 g/mol. The lowest BCUT2D eigenvalue weighted by Crippen LogP contribution is -2.36. The van der Waals surface area contributed by atoms with Gasteiger partial charge in [0.2, 0.25) is 0 Å². The molecular formula is C18H17N5. The number of aromatic nitrogens is 3. The lowest BCUT2D eigenvalue weighted by Gasteiger charge is -2.29. The minimum atomic E-state index is 0.0673. The first-order valence-corrected chi connectivity index (χ1v) is 7.62. The Labute approximate surface area is 135 Å². The number of aryl methyl sites for hydroxylation is 1. The third-order valence-electron chi connectivity index (χ3n) is 4.16. The van der Waals surface area contributed by atoms with Crippen molar-refractivity contribution in [3.05, 3.63) is 66.7 Å². The predicted molar refractivity (Wildman–Crippen MR) is 91.2 cm³/mol. The number of benzene rings is 1. The zero-order valence-electron chi connectivity index (χ0n) is 13.1. The molecule has 0 aliphatic carbocycles. The van der Waals surface area contributed by atoms with Crippen molar-refractivity contribution in [2.75, 3.05) is 9.80 Å². The number of para-hydroxylation sites is 1. The molecule has 114 valence electrons. The molecule has 0 N–H and O–H groups in total. The quantitative estimate of drug-likeness (QED) is 0.720. The summed E-state index contributed by atoms with van der Waals surface area (Å²) in [5.74, 6) is 1.73. The van der Waals surface area contributed by atoms with Gasteiger partial charge in [-0.15, -0.1) is 0 Å². The Morgan fingerprint density at radius 1 is 0.870 bits per heavy atom. The van der Waals surface area contributed by atoms with Gasteiger partial charge in [-0.05, 0) is 37.6 Å². The van der Waals surface area contributed by atoms with Crippen LogP contribution in [0.3, 0.4) is 0 Å². The second kappa shape index (κ2) is 5.35. The third-order valence-corrected chi connectivity index (χ3v) is 4.16. The fourth-order valence-electron chi connectivity index (χ4n) is 3.12. The van der Waals surface area contributed by atoms with Crippen LogP contribution in [0.1, 0.15) is 12.5 Å². The van der Waals surface area contributed by atoms with Crippen LogP contribution in [0, 0.1) is 6.92 Å². The zero-order chi connectivity index (χ0) is 15.8. The maximum atomic E-state index is 4.59. The van der Waals surface area contributed by atoms with Crippen molar-refractivity contribution in [3.8, 4) is 0 Å². The summed E-state index contributed by atoms with van der Waals surface area (Å²) in [4.78, 5) is 17.8. The van der Waals surface area contributed by atoms with E-state index in [1.807, 2.05) is 18.3 Å². The molecule has 2 aromatic heterocycles. The zero-order valence-corrected chi connectivity index (χ0v) is 13.1. The number of fused-ring (bicyclic) bond motifs is 1. The molecule has 0 fully saturated rings. The summed E-state index contributed by atoms with van der Waals surface area (Å²) < 4.78 is 0. The molecule has 1 unspecified atom stereocenters. The first-order chi connectivity index (χ1) is 11.3. The lowest BCUT2D eigenvalue weighted by molar-refractivity contribution is 0.751. The molecule has 3 heterocycles. The summed E-state index contributed by atoms with van der Waals surface area (Å²) in [6.45, 7) is 4.27. The van der Waals surface area contributed by atoms with E-state index in [1.54, 1.807) is 18.6 Å². The average molecular weight is 303 g/mol. The summed E-state index contributed by atoms with van der Waals surface area (Å²) >= 11 is 0. The van der Waals surface area contributed by atoms with E-state index in [4.69, 9.17) is 0 Å². The summed E-state index contributed by atoms with van der Waals surface area (Å²) in [6, 6.07) is 12.3. The van der Waals surface area contributed by atoms with Crippen LogP contribution < -0.4 is 9.80 Å². The molecule has 3 aromatic rings. The number of pyridine rings is 1. The van der Waals surface area contributed by atoms with Crippen molar-refractivity contribution in [1.29, 1.82) is 0 Å². The highest BCUT2D eigenvalue weighted by molar-refractivity contribution is 5.83. The molecule has 5 nitrogen and oxygen atoms in total. The van der Waals surface area contributed by atoms with Gasteiger partial charge >= 0.3 is 0 Å². The second-order valence-corrected chi connectivity index (χ2v) is 5.57. The molecule has 1 aliphatic rings. The second-order valence-electron chi connectivity index (χ2n) is 5.57. The average Bonchev–Trinajstić information content (AvgIpc) is 2.88. The number of hydrogen-bond acceptors (Lipinski definition) is 5. The molecular weight excluding hydrogens is 286 g/mol. The number of nitrogens with zero attached hydrogens (tertiary/aromatic N) is 5. The summed E-state index contributed by atoms with van der Waals surface area (Å²) in [5, 5.41) is 0. The van der Waals surface area contributed by atoms with E-state index in [0.29, 0.717) is 0 Å². The first-order valence-electron chi connectivity index (χ1n) is 7.62. The number of rotatable bonds is 2. The predicted octanol–water partition coefficient (Wildman–Crippen LogP) is 3.82. The van der Waals surface area contributed by atoms with Crippen molar-refractivity contribution in [2.45, 2.75) is 20.0 Å². The summed E-state index contributed by atoms with van der Waals surface area (Å²) in [7, 11) is 0. The molecule has 1 aliphatic heterocycles. The maximum absolute atomic E-state index is 4.59. The van der Waals surface area contributed by atoms with E-state index in [2.05, 4.69) is 62.9 Å². The molecule has 0 bridgehead atoms. The molecule has 0 saturated carbocycles. The lowest BCUT2D eigenvalue weighted by atomic mass is 10.2. The normalized spacial score (nSPS) is 16.5. The van der Waals surface area contributed by atoms with Crippen LogP contribution in [0.15, 0.2) is 61.2 Å². The van der Waals surface area contributed by atoms with E-state index in [0.717, 1.165) is 23.0 Å². The molecule has 1 atom stereocenters. The van der Waals surface area contributed by atoms with Gasteiger partial charge in [0.15, 0.2) is 11.6 Å². The van der Waals surface area contributed by atoms with Gasteiger partial charge in [-0.3, -0.25) is 4.98 Å². The fraction of sp³-hybridized carbons (Fsp3) is 0.167. The molecule has 0 amide bonds. The van der Waals surface area contributed by atoms with Gasteiger partial charge in [0.25, 0.3) is 0 Å². The number of hydrogen-bond donors (Lipinski definition) is 0. The molecule has 1 aromatic carbocycles. The highest BCUT2D eigenvalue weighted by Crippen LogP contribution is 2.45. The van der Waals surface area contributed by atoms with Crippen LogP contribution in [-0.4, -0.2) is 21.1 Å². The molecule has 5 heteroatoms. The van der Waals surface area contributed by atoms with Gasteiger partial charge in [-0.25, -0.2) is 9.97 Å². The van der Waals surface area contributed by atoms with Crippen LogP contribution in [0.2, 0.25) is 0 Å². The smallest absolute Gasteiger partial charge is 0.178 e. The van der Waals surface area contributed by atoms with Gasteiger partial charge in [-0.1, -0.05) is 18.2 Å². The molecule has 0 spiro atoms. The van der Waals surface area contributed by atoms with Gasteiger partial charge in [0.1, 0.15) is 6.17 Å². The topological polar surface area (TPSA) is 45.2 Å². The SMILES string of the molecule is Cc1ccccc1N1c2nccnc2N(c2cccnc2)C1C. The van der Waals surface area contributed by atoms with Gasteiger partial charge < -0.3 is 9.80 Å². The third kappa shape index (κ3) is 2.12. The van der Waals surface area contributed by atoms with Crippen molar-refractivity contribution in [3.63, 3.8) is 0 Å². The fourth-order valence-corrected chi connectivity index (χ4v) is 3.12. The van der Waals surface area contributed by atoms with E-state index in [9.17, 15) is 0 Å². The Balaban J connectivity index is 1.89. The van der Waals surface area contributed by atoms with E-state index in [1.165, 1.54) is 5.56 Å². The van der Waals surface area contributed by atoms with Crippen molar-refractivity contribution in [2.24, 2.45) is 0 Å². The minimum Gasteiger partial charge on any atom is -0.302 e. The van der Waals surface area contributed by atoms with E-state index >= 15 is 0 Å². The standard InChI is InChI=1S/C18H17N5/c1-13-6-3-4-8-16(13)23-14(2)22(15-7-5-9-19-12-15)17-18(23)21-11-10-20-17/h3-12,14H,1-2H3. The highest BCUT2D eigenvalue weighted by atomic mass is 15.5. The largest absolute Gasteiger partial charge is 0.302 e. The molecule has 0 radical (unpaired) electrons. The van der Waals surface area contributed by atoms with Gasteiger partial charge in [-0.2, -0.15) is 0 Å². The number of anilines is 4. The Hall–Kier alpha value is -2.95. The van der Waals surface area contributed by atoms with Crippen molar-refractivity contribution in [1.82, 2.24) is 15.0 Å².